The first-order valence-corrected chi connectivity index (χ1v) is 6.08. The third-order valence-electron chi connectivity index (χ3n) is 3.48. The average molecular weight is 230 g/mol. The van der Waals surface area contributed by atoms with Gasteiger partial charge in [0.05, 0.1) is 0 Å². The van der Waals surface area contributed by atoms with E-state index in [1.54, 1.807) is 12.4 Å². The Labute approximate surface area is 102 Å². The fraction of sp³-hybridized carbons (Fsp3) is 0.615. The minimum absolute atomic E-state index is 0.386. The Kier molecular flexibility index (Phi) is 3.28. The van der Waals surface area contributed by atoms with Crippen molar-refractivity contribution in [3.05, 3.63) is 18.1 Å². The molecule has 0 saturated heterocycles. The van der Waals surface area contributed by atoms with Crippen molar-refractivity contribution in [2.75, 3.05) is 5.32 Å². The minimum atomic E-state index is 0.386. The van der Waals surface area contributed by atoms with Crippen LogP contribution in [0.3, 0.4) is 0 Å². The molecule has 0 atom stereocenters. The highest BCUT2D eigenvalue weighted by Crippen LogP contribution is 2.35. The Morgan fingerprint density at radius 1 is 1.29 bits per heavy atom. The van der Waals surface area contributed by atoms with Crippen molar-refractivity contribution in [2.24, 2.45) is 5.41 Å². The van der Waals surface area contributed by atoms with Crippen LogP contribution < -0.4 is 5.32 Å². The summed E-state index contributed by atoms with van der Waals surface area (Å²) in [5.41, 5.74) is 0.843. The molecule has 4 nitrogen and oxygen atoms in total. The summed E-state index contributed by atoms with van der Waals surface area (Å²) < 4.78 is 0. The first-order chi connectivity index (χ1) is 8.11. The van der Waals surface area contributed by atoms with Crippen molar-refractivity contribution in [3.63, 3.8) is 0 Å². The smallest absolute Gasteiger partial charge is 0.182 e. The normalized spacial score (nSPS) is 19.6. The van der Waals surface area contributed by atoms with Crippen LogP contribution in [0.25, 0.3) is 0 Å². The molecule has 17 heavy (non-hydrogen) atoms. The van der Waals surface area contributed by atoms with Gasteiger partial charge in [0, 0.05) is 18.4 Å². The molecule has 1 aromatic rings. The van der Waals surface area contributed by atoms with Gasteiger partial charge in [0.1, 0.15) is 6.07 Å². The van der Waals surface area contributed by atoms with Crippen molar-refractivity contribution in [1.29, 1.82) is 5.26 Å². The SMILES string of the molecule is CC1(C)CCC(Nc2nccnc2C#N)CC1. The molecular weight excluding hydrogens is 212 g/mol. The van der Waals surface area contributed by atoms with Crippen LogP contribution in [-0.4, -0.2) is 16.0 Å². The lowest BCUT2D eigenvalue weighted by molar-refractivity contribution is 0.232. The van der Waals surface area contributed by atoms with E-state index in [0.717, 1.165) is 12.8 Å². The van der Waals surface area contributed by atoms with E-state index in [0.29, 0.717) is 23.0 Å². The van der Waals surface area contributed by atoms with Crippen molar-refractivity contribution in [1.82, 2.24) is 9.97 Å². The molecule has 1 heterocycles. The number of nitrogens with one attached hydrogen (secondary N) is 1. The molecule has 1 aromatic heterocycles. The Morgan fingerprint density at radius 3 is 2.59 bits per heavy atom. The molecule has 0 unspecified atom stereocenters. The Bertz CT molecular complexity index is 423. The maximum absolute atomic E-state index is 8.94. The second-order valence-corrected chi connectivity index (χ2v) is 5.45. The molecule has 1 N–H and O–H groups in total. The number of rotatable bonds is 2. The zero-order chi connectivity index (χ0) is 12.3. The van der Waals surface area contributed by atoms with Crippen LogP contribution in [0, 0.1) is 16.7 Å². The summed E-state index contributed by atoms with van der Waals surface area (Å²) in [7, 11) is 0. The van der Waals surface area contributed by atoms with Crippen LogP contribution in [0.1, 0.15) is 45.2 Å². The van der Waals surface area contributed by atoms with E-state index in [-0.39, 0.29) is 0 Å². The number of nitriles is 1. The maximum Gasteiger partial charge on any atom is 0.182 e. The molecule has 0 aliphatic heterocycles. The van der Waals surface area contributed by atoms with Gasteiger partial charge < -0.3 is 5.32 Å². The number of aromatic nitrogens is 2. The van der Waals surface area contributed by atoms with Gasteiger partial charge in [0.2, 0.25) is 0 Å². The second kappa shape index (κ2) is 4.70. The third kappa shape index (κ3) is 2.94. The van der Waals surface area contributed by atoms with Crippen LogP contribution in [0.5, 0.6) is 0 Å². The summed E-state index contributed by atoms with van der Waals surface area (Å²) >= 11 is 0. The third-order valence-corrected chi connectivity index (χ3v) is 3.48. The summed E-state index contributed by atoms with van der Waals surface area (Å²) in [6.07, 6.45) is 7.87. The van der Waals surface area contributed by atoms with Crippen LogP contribution in [0.15, 0.2) is 12.4 Å². The number of nitrogens with zero attached hydrogens (tertiary/aromatic N) is 3. The molecule has 0 aromatic carbocycles. The predicted octanol–water partition coefficient (Wildman–Crippen LogP) is 2.73. The van der Waals surface area contributed by atoms with Gasteiger partial charge in [-0.05, 0) is 31.1 Å². The van der Waals surface area contributed by atoms with Gasteiger partial charge in [-0.1, -0.05) is 13.8 Å². The van der Waals surface area contributed by atoms with Gasteiger partial charge in [-0.3, -0.25) is 0 Å². The lowest BCUT2D eigenvalue weighted by Crippen LogP contribution is -2.30. The number of hydrogen-bond acceptors (Lipinski definition) is 4. The highest BCUT2D eigenvalue weighted by molar-refractivity contribution is 5.47. The molecule has 0 radical (unpaired) electrons. The fourth-order valence-corrected chi connectivity index (χ4v) is 2.26. The van der Waals surface area contributed by atoms with Crippen molar-refractivity contribution in [3.8, 4) is 6.07 Å². The Hall–Kier alpha value is -1.63. The van der Waals surface area contributed by atoms with Gasteiger partial charge in [0.15, 0.2) is 11.5 Å². The van der Waals surface area contributed by atoms with Crippen molar-refractivity contribution >= 4 is 5.82 Å². The van der Waals surface area contributed by atoms with E-state index in [4.69, 9.17) is 5.26 Å². The standard InChI is InChI=1S/C13H18N4/c1-13(2)5-3-10(4-6-13)17-12-11(9-14)15-7-8-16-12/h7-8,10H,3-6H2,1-2H3,(H,16,17). The highest BCUT2D eigenvalue weighted by atomic mass is 15.0. The lowest BCUT2D eigenvalue weighted by atomic mass is 9.75. The topological polar surface area (TPSA) is 61.6 Å². The number of hydrogen-bond donors (Lipinski definition) is 1. The van der Waals surface area contributed by atoms with Crippen molar-refractivity contribution in [2.45, 2.75) is 45.6 Å². The Balaban J connectivity index is 2.01. The van der Waals surface area contributed by atoms with Gasteiger partial charge >= 0.3 is 0 Å². The van der Waals surface area contributed by atoms with E-state index in [1.807, 2.05) is 0 Å². The molecule has 4 heteroatoms. The van der Waals surface area contributed by atoms with Gasteiger partial charge in [0.25, 0.3) is 0 Å². The average Bonchev–Trinajstić information content (AvgIpc) is 2.32. The quantitative estimate of drug-likeness (QED) is 0.848. The van der Waals surface area contributed by atoms with Gasteiger partial charge in [-0.15, -0.1) is 0 Å². The molecule has 0 amide bonds. The molecule has 0 bridgehead atoms. The number of anilines is 1. The molecule has 2 rings (SSSR count). The Morgan fingerprint density at radius 2 is 1.94 bits per heavy atom. The first kappa shape index (κ1) is 11.8. The van der Waals surface area contributed by atoms with Crippen LogP contribution in [-0.2, 0) is 0 Å². The summed E-state index contributed by atoms with van der Waals surface area (Å²) in [5, 5.41) is 12.3. The van der Waals surface area contributed by atoms with Crippen LogP contribution in [0.2, 0.25) is 0 Å². The molecular formula is C13H18N4. The molecule has 1 saturated carbocycles. The monoisotopic (exact) mass is 230 g/mol. The molecule has 1 fully saturated rings. The highest BCUT2D eigenvalue weighted by Gasteiger charge is 2.27. The second-order valence-electron chi connectivity index (χ2n) is 5.45. The summed E-state index contributed by atoms with van der Waals surface area (Å²) in [6, 6.07) is 2.49. The zero-order valence-corrected chi connectivity index (χ0v) is 10.4. The lowest BCUT2D eigenvalue weighted by Gasteiger charge is -2.34. The summed E-state index contributed by atoms with van der Waals surface area (Å²) in [4.78, 5) is 8.19. The summed E-state index contributed by atoms with van der Waals surface area (Å²) in [5.74, 6) is 0.625. The van der Waals surface area contributed by atoms with Crippen LogP contribution in [0.4, 0.5) is 5.82 Å². The largest absolute Gasteiger partial charge is 0.365 e. The van der Waals surface area contributed by atoms with Gasteiger partial charge in [-0.2, -0.15) is 5.26 Å². The molecule has 90 valence electrons. The van der Waals surface area contributed by atoms with E-state index >= 15 is 0 Å². The van der Waals surface area contributed by atoms with E-state index in [1.165, 1.54) is 12.8 Å². The maximum atomic E-state index is 8.94. The molecule has 1 aliphatic rings. The minimum Gasteiger partial charge on any atom is -0.365 e. The molecule has 0 spiro atoms. The van der Waals surface area contributed by atoms with E-state index in [2.05, 4.69) is 35.2 Å². The zero-order valence-electron chi connectivity index (χ0n) is 10.4. The van der Waals surface area contributed by atoms with E-state index < -0.39 is 0 Å². The first-order valence-electron chi connectivity index (χ1n) is 6.08. The molecule has 1 aliphatic carbocycles. The fourth-order valence-electron chi connectivity index (χ4n) is 2.26. The van der Waals surface area contributed by atoms with Crippen LogP contribution >= 0.6 is 0 Å². The predicted molar refractivity (Wildman–Crippen MR) is 66.4 cm³/mol. The summed E-state index contributed by atoms with van der Waals surface area (Å²) in [6.45, 7) is 4.62. The van der Waals surface area contributed by atoms with Crippen molar-refractivity contribution < 1.29 is 0 Å². The van der Waals surface area contributed by atoms with Gasteiger partial charge in [-0.25, -0.2) is 9.97 Å². The van der Waals surface area contributed by atoms with E-state index in [9.17, 15) is 0 Å².